The Morgan fingerprint density at radius 3 is 1.48 bits per heavy atom. The Kier molecular flexibility index (Phi) is 4.88. The highest BCUT2D eigenvalue weighted by Gasteiger charge is 2.35. The fourth-order valence-corrected chi connectivity index (χ4v) is 3.54. The summed E-state index contributed by atoms with van der Waals surface area (Å²) in [6.45, 7) is 11.8. The average Bonchev–Trinajstić information content (AvgIpc) is 2.44. The summed E-state index contributed by atoms with van der Waals surface area (Å²) in [4.78, 5) is 0. The third-order valence-corrected chi connectivity index (χ3v) is 4.35. The van der Waals surface area contributed by atoms with Crippen LogP contribution in [0.2, 0.25) is 0 Å². The maximum atomic E-state index is 2.36. The van der Waals surface area contributed by atoms with Crippen LogP contribution in [-0.4, -0.2) is 0 Å². The van der Waals surface area contributed by atoms with Crippen LogP contribution in [0.25, 0.3) is 0 Å². The number of hydrogen-bond donors (Lipinski definition) is 0. The number of hydrogen-bond acceptors (Lipinski definition) is 0. The molecule has 0 heteroatoms. The SMILES string of the molecule is CC(C)C(c1ccccc1)[C@@H](c1ccccc1)C(C)(C)C. The lowest BCUT2D eigenvalue weighted by Crippen LogP contribution is -2.28. The topological polar surface area (TPSA) is 0 Å². The van der Waals surface area contributed by atoms with Crippen molar-refractivity contribution in [1.82, 2.24) is 0 Å². The van der Waals surface area contributed by atoms with Gasteiger partial charge in [0.2, 0.25) is 0 Å². The van der Waals surface area contributed by atoms with E-state index in [0.29, 0.717) is 17.8 Å². The fourth-order valence-electron chi connectivity index (χ4n) is 3.54. The molecule has 1 unspecified atom stereocenters. The molecule has 0 fully saturated rings. The lowest BCUT2D eigenvalue weighted by atomic mass is 9.64. The molecule has 0 bridgehead atoms. The first kappa shape index (κ1) is 15.8. The Morgan fingerprint density at radius 2 is 1.10 bits per heavy atom. The molecule has 2 aromatic rings. The van der Waals surface area contributed by atoms with Crippen LogP contribution in [0, 0.1) is 11.3 Å². The van der Waals surface area contributed by atoms with Crippen LogP contribution in [-0.2, 0) is 0 Å². The molecule has 0 aliphatic rings. The second-order valence-electron chi connectivity index (χ2n) is 7.43. The van der Waals surface area contributed by atoms with E-state index in [9.17, 15) is 0 Å². The quantitative estimate of drug-likeness (QED) is 0.620. The summed E-state index contributed by atoms with van der Waals surface area (Å²) in [5.41, 5.74) is 3.13. The number of benzene rings is 2. The first-order valence-electron chi connectivity index (χ1n) is 8.01. The van der Waals surface area contributed by atoms with Gasteiger partial charge in [-0.15, -0.1) is 0 Å². The molecule has 2 aromatic carbocycles. The van der Waals surface area contributed by atoms with Gasteiger partial charge < -0.3 is 0 Å². The molecule has 0 radical (unpaired) electrons. The minimum atomic E-state index is 0.228. The van der Waals surface area contributed by atoms with Gasteiger partial charge in [0, 0.05) is 0 Å². The van der Waals surface area contributed by atoms with Gasteiger partial charge in [0.15, 0.2) is 0 Å². The van der Waals surface area contributed by atoms with Crippen molar-refractivity contribution in [3.63, 3.8) is 0 Å². The normalized spacial score (nSPS) is 15.0. The van der Waals surface area contributed by atoms with Crippen molar-refractivity contribution in [3.8, 4) is 0 Å². The molecule has 21 heavy (non-hydrogen) atoms. The zero-order chi connectivity index (χ0) is 15.5. The monoisotopic (exact) mass is 280 g/mol. The zero-order valence-electron chi connectivity index (χ0n) is 14.0. The van der Waals surface area contributed by atoms with E-state index in [1.165, 1.54) is 11.1 Å². The maximum absolute atomic E-state index is 2.36. The molecular weight excluding hydrogens is 252 g/mol. The molecule has 112 valence electrons. The summed E-state index contributed by atoms with van der Waals surface area (Å²) >= 11 is 0. The average molecular weight is 280 g/mol. The Bertz CT molecular complexity index is 531. The van der Waals surface area contributed by atoms with E-state index >= 15 is 0 Å². The van der Waals surface area contributed by atoms with Gasteiger partial charge in [-0.25, -0.2) is 0 Å². The minimum absolute atomic E-state index is 0.228. The lowest BCUT2D eigenvalue weighted by Gasteiger charge is -2.40. The largest absolute Gasteiger partial charge is 0.0622 e. The van der Waals surface area contributed by atoms with Gasteiger partial charge >= 0.3 is 0 Å². The van der Waals surface area contributed by atoms with Crippen molar-refractivity contribution >= 4 is 0 Å². The van der Waals surface area contributed by atoms with Crippen LogP contribution in [0.1, 0.15) is 57.6 Å². The molecule has 0 amide bonds. The predicted molar refractivity (Wildman–Crippen MR) is 92.7 cm³/mol. The smallest absolute Gasteiger partial charge is 0.00420 e. The summed E-state index contributed by atoms with van der Waals surface area (Å²) < 4.78 is 0. The van der Waals surface area contributed by atoms with Gasteiger partial charge in [-0.3, -0.25) is 0 Å². The molecule has 0 spiro atoms. The van der Waals surface area contributed by atoms with Gasteiger partial charge in [0.05, 0.1) is 0 Å². The molecule has 0 N–H and O–H groups in total. The molecule has 0 nitrogen and oxygen atoms in total. The summed E-state index contributed by atoms with van der Waals surface area (Å²) in [6.07, 6.45) is 0. The highest BCUT2D eigenvalue weighted by molar-refractivity contribution is 5.30. The van der Waals surface area contributed by atoms with Gasteiger partial charge in [-0.05, 0) is 34.3 Å². The van der Waals surface area contributed by atoms with Crippen LogP contribution in [0.5, 0.6) is 0 Å². The van der Waals surface area contributed by atoms with Crippen molar-refractivity contribution in [2.24, 2.45) is 11.3 Å². The van der Waals surface area contributed by atoms with E-state index < -0.39 is 0 Å². The van der Waals surface area contributed by atoms with Gasteiger partial charge in [-0.1, -0.05) is 95.3 Å². The molecule has 0 aromatic heterocycles. The first-order valence-corrected chi connectivity index (χ1v) is 8.01. The molecule has 0 heterocycles. The minimum Gasteiger partial charge on any atom is -0.0622 e. The van der Waals surface area contributed by atoms with E-state index in [2.05, 4.69) is 95.3 Å². The second-order valence-corrected chi connectivity index (χ2v) is 7.43. The van der Waals surface area contributed by atoms with Crippen molar-refractivity contribution in [2.45, 2.75) is 46.5 Å². The highest BCUT2D eigenvalue weighted by atomic mass is 14.4. The summed E-state index contributed by atoms with van der Waals surface area (Å²) in [7, 11) is 0. The summed E-state index contributed by atoms with van der Waals surface area (Å²) in [5.74, 6) is 1.66. The standard InChI is InChI=1S/C21H28/c1-16(2)19(17-12-8-6-9-13-17)20(21(3,4)5)18-14-10-7-11-15-18/h6-16,19-20H,1-5H3/t19?,20-/m1/s1. The third kappa shape index (κ3) is 3.75. The first-order chi connectivity index (χ1) is 9.91. The van der Waals surface area contributed by atoms with Gasteiger partial charge in [0.25, 0.3) is 0 Å². The van der Waals surface area contributed by atoms with Crippen LogP contribution >= 0.6 is 0 Å². The van der Waals surface area contributed by atoms with E-state index in [1.54, 1.807) is 0 Å². The van der Waals surface area contributed by atoms with E-state index in [-0.39, 0.29) is 5.41 Å². The van der Waals surface area contributed by atoms with Crippen LogP contribution in [0.15, 0.2) is 60.7 Å². The third-order valence-electron chi connectivity index (χ3n) is 4.35. The van der Waals surface area contributed by atoms with Crippen molar-refractivity contribution in [1.29, 1.82) is 0 Å². The van der Waals surface area contributed by atoms with Crippen molar-refractivity contribution in [2.75, 3.05) is 0 Å². The maximum Gasteiger partial charge on any atom is -0.00420 e. The van der Waals surface area contributed by atoms with Crippen LogP contribution < -0.4 is 0 Å². The molecule has 2 atom stereocenters. The zero-order valence-corrected chi connectivity index (χ0v) is 14.0. The molecule has 0 aliphatic heterocycles. The summed E-state index contributed by atoms with van der Waals surface area (Å²) in [5, 5.41) is 0. The summed E-state index contributed by atoms with van der Waals surface area (Å²) in [6, 6.07) is 22.0. The fraction of sp³-hybridized carbons (Fsp3) is 0.429. The second kappa shape index (κ2) is 6.47. The van der Waals surface area contributed by atoms with Crippen LogP contribution in [0.4, 0.5) is 0 Å². The number of rotatable bonds is 4. The molecule has 2 rings (SSSR count). The van der Waals surface area contributed by atoms with Gasteiger partial charge in [-0.2, -0.15) is 0 Å². The van der Waals surface area contributed by atoms with E-state index in [0.717, 1.165) is 0 Å². The Labute approximate surface area is 130 Å². The van der Waals surface area contributed by atoms with E-state index in [4.69, 9.17) is 0 Å². The Morgan fingerprint density at radius 1 is 0.667 bits per heavy atom. The lowest BCUT2D eigenvalue weighted by molar-refractivity contribution is 0.244. The predicted octanol–water partition coefficient (Wildman–Crippen LogP) is 6.26. The van der Waals surface area contributed by atoms with E-state index in [1.807, 2.05) is 0 Å². The molecule has 0 saturated carbocycles. The molecular formula is C21H28. The molecule has 0 saturated heterocycles. The highest BCUT2D eigenvalue weighted by Crippen LogP contribution is 2.48. The Hall–Kier alpha value is -1.56. The molecule has 0 aliphatic carbocycles. The van der Waals surface area contributed by atoms with Gasteiger partial charge in [0.1, 0.15) is 0 Å². The van der Waals surface area contributed by atoms with Crippen molar-refractivity contribution < 1.29 is 0 Å². The van der Waals surface area contributed by atoms with Crippen molar-refractivity contribution in [3.05, 3.63) is 71.8 Å². The van der Waals surface area contributed by atoms with Crippen LogP contribution in [0.3, 0.4) is 0 Å². The Balaban J connectivity index is 2.52.